The molecule has 1 saturated heterocycles. The van der Waals surface area contributed by atoms with Gasteiger partial charge in [0.2, 0.25) is 0 Å². The average molecular weight is 651 g/mol. The predicted octanol–water partition coefficient (Wildman–Crippen LogP) is 8.05. The fraction of sp³-hybridized carbons (Fsp3) is 0.367. The molecule has 7 nitrogen and oxygen atoms in total. The molecule has 1 atom stereocenters. The minimum Gasteiger partial charge on any atom is -0.408 e. The number of morpholine rings is 1. The summed E-state index contributed by atoms with van der Waals surface area (Å²) in [6.45, 7) is 3.45. The highest BCUT2D eigenvalue weighted by Gasteiger charge is 2.50. The van der Waals surface area contributed by atoms with Gasteiger partial charge in [-0.05, 0) is 73.7 Å². The molecule has 0 unspecified atom stereocenters. The quantitative estimate of drug-likeness (QED) is 0.269. The summed E-state index contributed by atoms with van der Waals surface area (Å²) in [5.74, 6) is 0.474. The highest BCUT2D eigenvalue weighted by molar-refractivity contribution is 7.74. The number of halogens is 5. The summed E-state index contributed by atoms with van der Waals surface area (Å²) in [6.07, 6.45) is -1.75. The van der Waals surface area contributed by atoms with E-state index in [1.807, 2.05) is 0 Å². The van der Waals surface area contributed by atoms with Crippen LogP contribution in [0.25, 0.3) is 0 Å². The smallest absolute Gasteiger partial charge is 0.408 e. The van der Waals surface area contributed by atoms with E-state index in [1.54, 1.807) is 24.3 Å². The second-order valence-electron chi connectivity index (χ2n) is 11.0. The van der Waals surface area contributed by atoms with Crippen molar-refractivity contribution in [3.8, 4) is 5.75 Å². The summed E-state index contributed by atoms with van der Waals surface area (Å²) < 4.78 is 62.4. The Morgan fingerprint density at radius 2 is 1.67 bits per heavy atom. The van der Waals surface area contributed by atoms with E-state index in [0.29, 0.717) is 42.8 Å². The number of aryl methyl sites for hydroxylation is 1. The van der Waals surface area contributed by atoms with Crippen LogP contribution in [0.3, 0.4) is 0 Å². The van der Waals surface area contributed by atoms with Crippen LogP contribution in [0, 0.1) is 0 Å². The minimum atomic E-state index is -4.56. The summed E-state index contributed by atoms with van der Waals surface area (Å²) in [6, 6.07) is 11.9. The Bertz CT molecular complexity index is 1680. The van der Waals surface area contributed by atoms with E-state index in [-0.39, 0.29) is 10.7 Å². The van der Waals surface area contributed by atoms with Crippen molar-refractivity contribution in [1.29, 1.82) is 0 Å². The topological polar surface area (TPSA) is 57.6 Å². The molecule has 1 fully saturated rings. The SMILES string of the molecule is O=C1Oc2c(cc3c4c2CCCN4CCC3)[P@](=Nc2cccc(C(F)(F)F)c2)(N2CCOCC2)N1c1ccc(Cl)c(Cl)c1. The lowest BCUT2D eigenvalue weighted by atomic mass is 9.91. The molecule has 0 radical (unpaired) electrons. The number of carbonyl (C=O) groups excluding carboxylic acids is 1. The van der Waals surface area contributed by atoms with E-state index in [1.165, 1.54) is 10.7 Å². The summed E-state index contributed by atoms with van der Waals surface area (Å²) in [5.41, 5.74) is 2.93. The van der Waals surface area contributed by atoms with Gasteiger partial charge < -0.3 is 14.4 Å². The molecule has 4 aliphatic rings. The summed E-state index contributed by atoms with van der Waals surface area (Å²) in [5, 5.41) is 1.25. The maximum Gasteiger partial charge on any atom is 0.425 e. The van der Waals surface area contributed by atoms with E-state index in [9.17, 15) is 18.0 Å². The van der Waals surface area contributed by atoms with Crippen molar-refractivity contribution in [3.63, 3.8) is 0 Å². The number of amides is 1. The molecule has 0 bridgehead atoms. The van der Waals surface area contributed by atoms with Gasteiger partial charge in [-0.3, -0.25) is 0 Å². The first-order chi connectivity index (χ1) is 20.7. The van der Waals surface area contributed by atoms with Crippen molar-refractivity contribution in [2.45, 2.75) is 31.9 Å². The zero-order chi connectivity index (χ0) is 29.9. The van der Waals surface area contributed by atoms with Crippen molar-refractivity contribution in [3.05, 3.63) is 75.3 Å². The minimum absolute atomic E-state index is 0.119. The molecule has 4 aliphatic heterocycles. The lowest BCUT2D eigenvalue weighted by Crippen LogP contribution is -2.50. The number of carbonyl (C=O) groups is 1. The third-order valence-electron chi connectivity index (χ3n) is 8.38. The highest BCUT2D eigenvalue weighted by Crippen LogP contribution is 2.64. The molecule has 0 spiro atoms. The average Bonchev–Trinajstić information content (AvgIpc) is 3.00. The van der Waals surface area contributed by atoms with E-state index < -0.39 is 25.2 Å². The molecule has 3 aromatic rings. The van der Waals surface area contributed by atoms with Gasteiger partial charge in [0.05, 0.1) is 45.5 Å². The molecule has 226 valence electrons. The van der Waals surface area contributed by atoms with E-state index in [0.717, 1.165) is 73.0 Å². The number of nitrogens with zero attached hydrogens (tertiary/aromatic N) is 4. The standard InChI is InChI=1S/C30H28Cl2F3N4O3P/c31-24-9-8-22(18-25(24)32)39-29(40)42-28-23-7-3-11-37-10-2-4-19(27(23)37)16-26(28)43(39,38-12-14-41-15-13-38)36-21-6-1-5-20(17-21)30(33,34)35/h1,5-6,8-9,16-18H,2-4,7,10-15H2/t43-/m0/s1. The summed E-state index contributed by atoms with van der Waals surface area (Å²) >= 11 is 12.7. The van der Waals surface area contributed by atoms with Crippen LogP contribution in [0.2, 0.25) is 10.0 Å². The number of ether oxygens (including phenoxy) is 2. The molecule has 0 N–H and O–H groups in total. The zero-order valence-corrected chi connectivity index (χ0v) is 25.4. The van der Waals surface area contributed by atoms with Crippen LogP contribution in [0.4, 0.5) is 35.0 Å². The number of hydrogen-bond donors (Lipinski definition) is 0. The monoisotopic (exact) mass is 650 g/mol. The van der Waals surface area contributed by atoms with Crippen molar-refractivity contribution in [1.82, 2.24) is 4.67 Å². The Morgan fingerprint density at radius 3 is 2.42 bits per heavy atom. The number of hydrogen-bond acceptors (Lipinski definition) is 5. The van der Waals surface area contributed by atoms with Gasteiger partial charge in [0, 0.05) is 37.4 Å². The number of anilines is 2. The molecule has 0 saturated carbocycles. The fourth-order valence-electron chi connectivity index (χ4n) is 6.56. The molecule has 0 aliphatic carbocycles. The lowest BCUT2D eigenvalue weighted by Gasteiger charge is -2.49. The maximum atomic E-state index is 14.3. The van der Waals surface area contributed by atoms with Crippen LogP contribution in [0.5, 0.6) is 5.75 Å². The normalized spacial score (nSPS) is 22.1. The molecule has 0 aromatic heterocycles. The molecule has 13 heteroatoms. The van der Waals surface area contributed by atoms with E-state index >= 15 is 0 Å². The van der Waals surface area contributed by atoms with Crippen molar-refractivity contribution < 1.29 is 27.4 Å². The van der Waals surface area contributed by atoms with Gasteiger partial charge >= 0.3 is 12.3 Å². The van der Waals surface area contributed by atoms with Crippen LogP contribution in [-0.2, 0) is 23.8 Å². The van der Waals surface area contributed by atoms with E-state index in [4.69, 9.17) is 37.4 Å². The van der Waals surface area contributed by atoms with Crippen molar-refractivity contribution in [2.24, 2.45) is 4.74 Å². The van der Waals surface area contributed by atoms with Gasteiger partial charge in [-0.15, -0.1) is 0 Å². The third-order valence-corrected chi connectivity index (χ3v) is 12.7. The Morgan fingerprint density at radius 1 is 0.907 bits per heavy atom. The Hall–Kier alpha value is -2.75. The van der Waals surface area contributed by atoms with Gasteiger partial charge in [0.25, 0.3) is 0 Å². The van der Waals surface area contributed by atoms with Crippen LogP contribution in [0.15, 0.2) is 53.3 Å². The Labute approximate surface area is 257 Å². The van der Waals surface area contributed by atoms with Crippen molar-refractivity contribution in [2.75, 3.05) is 49.0 Å². The zero-order valence-electron chi connectivity index (χ0n) is 23.0. The first-order valence-corrected chi connectivity index (χ1v) is 16.6. The Balaban J connectivity index is 1.59. The predicted molar refractivity (Wildman–Crippen MR) is 163 cm³/mol. The summed E-state index contributed by atoms with van der Waals surface area (Å²) in [7, 11) is -3.41. The number of benzene rings is 3. The lowest BCUT2D eigenvalue weighted by molar-refractivity contribution is -0.137. The van der Waals surface area contributed by atoms with Crippen LogP contribution < -0.4 is 19.6 Å². The third kappa shape index (κ3) is 4.92. The second-order valence-corrected chi connectivity index (χ2v) is 14.6. The largest absolute Gasteiger partial charge is 0.425 e. The molecular formula is C30H28Cl2F3N4O3P. The number of fused-ring (bicyclic) bond motifs is 2. The second kappa shape index (κ2) is 11.0. The Kier molecular flexibility index (Phi) is 7.42. The van der Waals surface area contributed by atoms with Gasteiger partial charge in [-0.1, -0.05) is 29.3 Å². The molecule has 4 heterocycles. The van der Waals surface area contributed by atoms with Gasteiger partial charge in [-0.25, -0.2) is 18.9 Å². The molecule has 3 aromatic carbocycles. The van der Waals surface area contributed by atoms with E-state index in [2.05, 4.69) is 15.6 Å². The van der Waals surface area contributed by atoms with Crippen LogP contribution >= 0.6 is 30.6 Å². The summed E-state index contributed by atoms with van der Waals surface area (Å²) in [4.78, 5) is 16.7. The number of rotatable bonds is 3. The molecule has 7 rings (SSSR count). The number of alkyl halides is 3. The van der Waals surface area contributed by atoms with Crippen molar-refractivity contribution >= 4 is 59.0 Å². The first-order valence-electron chi connectivity index (χ1n) is 14.2. The molecule has 43 heavy (non-hydrogen) atoms. The van der Waals surface area contributed by atoms with Gasteiger partial charge in [0.1, 0.15) is 5.75 Å². The van der Waals surface area contributed by atoms with Gasteiger partial charge in [-0.2, -0.15) is 13.2 Å². The first kappa shape index (κ1) is 29.0. The highest BCUT2D eigenvalue weighted by atomic mass is 35.5. The van der Waals surface area contributed by atoms with Gasteiger partial charge in [0.15, 0.2) is 7.36 Å². The fourth-order valence-corrected chi connectivity index (χ4v) is 10.6. The molecule has 1 amide bonds. The molecular weight excluding hydrogens is 623 g/mol. The van der Waals surface area contributed by atoms with Crippen LogP contribution in [0.1, 0.15) is 29.5 Å². The van der Waals surface area contributed by atoms with Crippen LogP contribution in [-0.4, -0.2) is 50.2 Å². The maximum absolute atomic E-state index is 14.3.